The first-order chi connectivity index (χ1) is 17.3. The standard InChI is InChI=1S/C21H14ClF8N5O2/c22-15-9-16(32-12-3-7-14(8-4-12)37-21(29,30)18(25)26)34-19(33-15)35-31-10-11-1-5-13(6-2-11)36-20(27,28)17(23)24/h1-10,17-18H,(H2,32,33,34,35)/b31-10+. The first-order valence-electron chi connectivity index (χ1n) is 9.85. The van der Waals surface area contributed by atoms with Gasteiger partial charge in [-0.05, 0) is 54.1 Å². The van der Waals surface area contributed by atoms with Gasteiger partial charge in [-0.15, -0.1) is 0 Å². The second-order valence-corrected chi connectivity index (χ2v) is 7.30. The second kappa shape index (κ2) is 11.5. The zero-order valence-corrected chi connectivity index (χ0v) is 18.7. The number of aromatic nitrogens is 2. The molecule has 0 aliphatic rings. The van der Waals surface area contributed by atoms with Crippen LogP contribution in [0.2, 0.25) is 5.15 Å². The van der Waals surface area contributed by atoms with E-state index in [2.05, 4.69) is 35.3 Å². The molecule has 16 heteroatoms. The molecule has 0 unspecified atom stereocenters. The highest BCUT2D eigenvalue weighted by Gasteiger charge is 2.44. The number of hydrazone groups is 1. The predicted octanol–water partition coefficient (Wildman–Crippen LogP) is 6.79. The summed E-state index contributed by atoms with van der Waals surface area (Å²) in [6.45, 7) is 0. The summed E-state index contributed by atoms with van der Waals surface area (Å²) in [7, 11) is 0. The number of nitrogens with one attached hydrogen (secondary N) is 2. The Morgan fingerprint density at radius 2 is 1.32 bits per heavy atom. The number of benzene rings is 2. The van der Waals surface area contributed by atoms with E-state index in [1.165, 1.54) is 36.5 Å². The quantitative estimate of drug-likeness (QED) is 0.117. The largest absolute Gasteiger partial charge is 0.461 e. The van der Waals surface area contributed by atoms with Gasteiger partial charge in [0, 0.05) is 11.8 Å². The second-order valence-electron chi connectivity index (χ2n) is 6.92. The summed E-state index contributed by atoms with van der Waals surface area (Å²) in [6, 6.07) is 10.6. The molecular weight excluding hydrogens is 542 g/mol. The van der Waals surface area contributed by atoms with E-state index in [1.807, 2.05) is 0 Å². The fourth-order valence-electron chi connectivity index (χ4n) is 2.48. The zero-order valence-electron chi connectivity index (χ0n) is 18.0. The van der Waals surface area contributed by atoms with Crippen molar-refractivity contribution in [2.75, 3.05) is 10.7 Å². The Morgan fingerprint density at radius 1 is 0.811 bits per heavy atom. The van der Waals surface area contributed by atoms with Gasteiger partial charge in [-0.2, -0.15) is 50.2 Å². The Kier molecular flexibility index (Phi) is 8.57. The maximum atomic E-state index is 13.0. The van der Waals surface area contributed by atoms with Crippen molar-refractivity contribution in [3.8, 4) is 11.5 Å². The third-order valence-corrected chi connectivity index (χ3v) is 4.29. The lowest BCUT2D eigenvalue weighted by Gasteiger charge is -2.17. The van der Waals surface area contributed by atoms with Crippen LogP contribution in [0.4, 0.5) is 52.6 Å². The number of hydrogen-bond acceptors (Lipinski definition) is 7. The first-order valence-corrected chi connectivity index (χ1v) is 10.2. The number of halogens is 9. The van der Waals surface area contributed by atoms with Gasteiger partial charge in [-0.1, -0.05) is 11.6 Å². The maximum Gasteiger partial charge on any atom is 0.461 e. The number of rotatable bonds is 11. The number of hydrogen-bond donors (Lipinski definition) is 2. The monoisotopic (exact) mass is 555 g/mol. The molecule has 0 bridgehead atoms. The summed E-state index contributed by atoms with van der Waals surface area (Å²) < 4.78 is 109. The Balaban J connectivity index is 1.61. The number of nitrogens with zero attached hydrogens (tertiary/aromatic N) is 3. The third-order valence-electron chi connectivity index (χ3n) is 4.10. The Bertz CT molecular complexity index is 1210. The van der Waals surface area contributed by atoms with Crippen LogP contribution in [0.3, 0.4) is 0 Å². The average Bonchev–Trinajstić information content (AvgIpc) is 2.80. The van der Waals surface area contributed by atoms with Gasteiger partial charge in [0.2, 0.25) is 5.95 Å². The van der Waals surface area contributed by atoms with Gasteiger partial charge in [0.05, 0.1) is 6.21 Å². The van der Waals surface area contributed by atoms with Crippen LogP contribution in [0.15, 0.2) is 59.7 Å². The summed E-state index contributed by atoms with van der Waals surface area (Å²) >= 11 is 5.95. The summed E-state index contributed by atoms with van der Waals surface area (Å²) in [5.41, 5.74) is 3.16. The topological polar surface area (TPSA) is 80.7 Å². The molecule has 1 heterocycles. The first kappa shape index (κ1) is 27.7. The smallest absolute Gasteiger partial charge is 0.428 e. The molecule has 37 heavy (non-hydrogen) atoms. The molecule has 0 amide bonds. The van der Waals surface area contributed by atoms with Gasteiger partial charge < -0.3 is 14.8 Å². The highest BCUT2D eigenvalue weighted by atomic mass is 35.5. The predicted molar refractivity (Wildman–Crippen MR) is 118 cm³/mol. The van der Waals surface area contributed by atoms with E-state index in [0.717, 1.165) is 24.3 Å². The molecule has 2 aromatic carbocycles. The fraction of sp³-hybridized carbons (Fsp3) is 0.190. The fourth-order valence-corrected chi connectivity index (χ4v) is 2.66. The van der Waals surface area contributed by atoms with E-state index >= 15 is 0 Å². The molecule has 198 valence electrons. The lowest BCUT2D eigenvalue weighted by molar-refractivity contribution is -0.253. The van der Waals surface area contributed by atoms with Crippen LogP contribution in [-0.2, 0) is 0 Å². The van der Waals surface area contributed by atoms with Crippen LogP contribution >= 0.6 is 11.6 Å². The van der Waals surface area contributed by atoms with E-state index in [4.69, 9.17) is 11.6 Å². The van der Waals surface area contributed by atoms with E-state index in [1.54, 1.807) is 0 Å². The van der Waals surface area contributed by atoms with Crippen molar-refractivity contribution >= 4 is 35.3 Å². The summed E-state index contributed by atoms with van der Waals surface area (Å²) in [5.74, 6) is -0.910. The molecule has 2 N–H and O–H groups in total. The minimum atomic E-state index is -4.64. The van der Waals surface area contributed by atoms with Crippen molar-refractivity contribution in [3.63, 3.8) is 0 Å². The van der Waals surface area contributed by atoms with Crippen LogP contribution in [0.5, 0.6) is 11.5 Å². The van der Waals surface area contributed by atoms with Gasteiger partial charge >= 0.3 is 25.1 Å². The lowest BCUT2D eigenvalue weighted by atomic mass is 10.2. The molecule has 0 aliphatic carbocycles. The van der Waals surface area contributed by atoms with Gasteiger partial charge in [0.15, 0.2) is 0 Å². The molecule has 7 nitrogen and oxygen atoms in total. The van der Waals surface area contributed by atoms with E-state index < -0.39 is 36.6 Å². The molecule has 3 aromatic rings. The number of ether oxygens (including phenoxy) is 2. The number of alkyl halides is 8. The van der Waals surface area contributed by atoms with Gasteiger partial charge in [-0.3, -0.25) is 0 Å². The highest BCUT2D eigenvalue weighted by molar-refractivity contribution is 6.29. The van der Waals surface area contributed by atoms with Crippen LogP contribution in [0.25, 0.3) is 0 Å². The van der Waals surface area contributed by atoms with Crippen LogP contribution in [0.1, 0.15) is 5.56 Å². The molecule has 0 radical (unpaired) electrons. The summed E-state index contributed by atoms with van der Waals surface area (Å²) in [5, 5.41) is 6.62. The molecule has 0 spiro atoms. The summed E-state index contributed by atoms with van der Waals surface area (Å²) in [4.78, 5) is 7.97. The molecule has 3 rings (SSSR count). The van der Waals surface area contributed by atoms with Crippen molar-refractivity contribution in [2.45, 2.75) is 25.1 Å². The minimum absolute atomic E-state index is 0.0202. The number of anilines is 3. The Labute approximate surface area is 208 Å². The van der Waals surface area contributed by atoms with E-state index in [9.17, 15) is 35.1 Å². The summed E-state index contributed by atoms with van der Waals surface area (Å²) in [6.07, 6.45) is -16.0. The van der Waals surface area contributed by atoms with E-state index in [0.29, 0.717) is 11.3 Å². The normalized spacial score (nSPS) is 12.3. The van der Waals surface area contributed by atoms with E-state index in [-0.39, 0.29) is 16.9 Å². The minimum Gasteiger partial charge on any atom is -0.428 e. The van der Waals surface area contributed by atoms with Crippen LogP contribution in [-0.4, -0.2) is 41.3 Å². The molecule has 0 fully saturated rings. The molecule has 1 aromatic heterocycles. The van der Waals surface area contributed by atoms with Crippen LogP contribution in [0, 0.1) is 0 Å². The molecular formula is C21H14ClF8N5O2. The van der Waals surface area contributed by atoms with Gasteiger partial charge in [0.25, 0.3) is 0 Å². The third kappa shape index (κ3) is 8.06. The highest BCUT2D eigenvalue weighted by Crippen LogP contribution is 2.29. The van der Waals surface area contributed by atoms with Crippen molar-refractivity contribution < 1.29 is 44.6 Å². The van der Waals surface area contributed by atoms with Crippen molar-refractivity contribution in [3.05, 3.63) is 65.3 Å². The van der Waals surface area contributed by atoms with Gasteiger partial charge in [0.1, 0.15) is 22.5 Å². The molecule has 0 aliphatic heterocycles. The average molecular weight is 556 g/mol. The molecule has 0 atom stereocenters. The van der Waals surface area contributed by atoms with Crippen LogP contribution < -0.4 is 20.2 Å². The Hall–Kier alpha value is -3.88. The van der Waals surface area contributed by atoms with Gasteiger partial charge in [-0.25, -0.2) is 5.43 Å². The molecule has 0 saturated carbocycles. The SMILES string of the molecule is FC(F)C(F)(F)Oc1ccc(/C=N/Nc2nc(Cl)cc(Nc3ccc(OC(F)(F)C(F)F)cc3)n2)cc1. The molecule has 0 saturated heterocycles. The Morgan fingerprint density at radius 3 is 1.84 bits per heavy atom. The van der Waals surface area contributed by atoms with Crippen molar-refractivity contribution in [1.29, 1.82) is 0 Å². The van der Waals surface area contributed by atoms with Crippen molar-refractivity contribution in [2.24, 2.45) is 5.10 Å². The zero-order chi connectivity index (χ0) is 27.2. The van der Waals surface area contributed by atoms with Crippen molar-refractivity contribution in [1.82, 2.24) is 9.97 Å². The maximum absolute atomic E-state index is 13.0. The lowest BCUT2D eigenvalue weighted by Crippen LogP contribution is -2.33.